The molecule has 0 heterocycles. The minimum absolute atomic E-state index is 0.125. The molecule has 0 aliphatic heterocycles. The minimum Gasteiger partial charge on any atom is -0.394 e. The third kappa shape index (κ3) is 15.0. The van der Waals surface area contributed by atoms with Crippen molar-refractivity contribution in [2.45, 2.75) is 79.1 Å². The maximum absolute atomic E-state index is 7.62. The number of aliphatic hydroxyl groups is 2. The molecule has 2 N–H and O–H groups in total. The van der Waals surface area contributed by atoms with Crippen LogP contribution in [0.2, 0.25) is 0 Å². The molecule has 0 amide bonds. The maximum atomic E-state index is 7.62. The smallest absolute Gasteiger partial charge is 0.0662 e. The molecule has 0 unspecified atom stereocenters. The fourth-order valence-electron chi connectivity index (χ4n) is 2.96. The zero-order valence-electron chi connectivity index (χ0n) is 15.3. The predicted octanol–water partition coefficient (Wildman–Crippen LogP) is 4.91. The van der Waals surface area contributed by atoms with Gasteiger partial charge in [0.05, 0.1) is 13.2 Å². The second kappa shape index (κ2) is 18.4. The van der Waals surface area contributed by atoms with Crippen LogP contribution >= 0.6 is 7.26 Å². The summed E-state index contributed by atoms with van der Waals surface area (Å²) in [5, 5.41) is 15.2. The predicted molar refractivity (Wildman–Crippen MR) is 102 cm³/mol. The summed E-state index contributed by atoms with van der Waals surface area (Å²) in [4.78, 5) is 0. The van der Waals surface area contributed by atoms with Crippen LogP contribution in [0.5, 0.6) is 0 Å². The molecule has 0 aromatic rings. The average molecular weight is 323 g/mol. The van der Waals surface area contributed by atoms with E-state index in [0.717, 1.165) is 0 Å². The van der Waals surface area contributed by atoms with E-state index >= 15 is 0 Å². The van der Waals surface area contributed by atoms with E-state index in [1.807, 2.05) is 0 Å². The normalized spacial score (nSPS) is 11.9. The van der Waals surface area contributed by atoms with Crippen molar-refractivity contribution in [1.29, 1.82) is 0 Å². The molecule has 0 fully saturated rings. The Morgan fingerprint density at radius 1 is 0.524 bits per heavy atom. The number of hydrogen-bond donors (Lipinski definition) is 2. The monoisotopic (exact) mass is 322 g/mol. The zero-order chi connectivity index (χ0) is 16.4. The van der Waals surface area contributed by atoms with Crippen molar-refractivity contribution >= 4 is 7.26 Å². The van der Waals surface area contributed by atoms with Gasteiger partial charge in [-0.15, -0.1) is 0 Å². The van der Waals surface area contributed by atoms with Gasteiger partial charge in [0.25, 0.3) is 0 Å². The summed E-state index contributed by atoms with van der Waals surface area (Å²) in [7, 11) is -0.879. The van der Waals surface area contributed by atoms with Gasteiger partial charge in [-0.05, 0) is 0 Å². The SMILES string of the molecule is CCCC[PH](CCCC)(CCCC)CCCC.OCCO. The molecule has 2 nitrogen and oxygen atoms in total. The summed E-state index contributed by atoms with van der Waals surface area (Å²) in [6, 6.07) is 0. The number of aliphatic hydroxyl groups excluding tert-OH is 2. The topological polar surface area (TPSA) is 40.5 Å². The van der Waals surface area contributed by atoms with Gasteiger partial charge in [0.1, 0.15) is 0 Å². The Bertz CT molecular complexity index is 147. The van der Waals surface area contributed by atoms with Crippen molar-refractivity contribution in [2.75, 3.05) is 37.9 Å². The van der Waals surface area contributed by atoms with E-state index in [2.05, 4.69) is 27.7 Å². The third-order valence-electron chi connectivity index (χ3n) is 4.34. The van der Waals surface area contributed by atoms with Crippen molar-refractivity contribution in [3.8, 4) is 0 Å². The van der Waals surface area contributed by atoms with E-state index in [1.165, 1.54) is 51.4 Å². The molecule has 0 bridgehead atoms. The largest absolute Gasteiger partial charge is 0.394 e. The average Bonchev–Trinajstić information content (AvgIpc) is 2.53. The van der Waals surface area contributed by atoms with Gasteiger partial charge >= 0.3 is 111 Å². The van der Waals surface area contributed by atoms with Gasteiger partial charge in [0.15, 0.2) is 0 Å². The van der Waals surface area contributed by atoms with E-state index in [1.54, 1.807) is 24.6 Å². The molecule has 0 aromatic carbocycles. The molecule has 0 aromatic heterocycles. The first kappa shape index (κ1) is 23.6. The van der Waals surface area contributed by atoms with Gasteiger partial charge in [0, 0.05) is 0 Å². The van der Waals surface area contributed by atoms with Crippen LogP contribution in [0, 0.1) is 0 Å². The molecule has 3 heteroatoms. The Morgan fingerprint density at radius 3 is 0.905 bits per heavy atom. The fraction of sp³-hybridized carbons (Fsp3) is 1.00. The zero-order valence-corrected chi connectivity index (χ0v) is 16.3. The molecule has 0 atom stereocenters. The van der Waals surface area contributed by atoms with E-state index in [9.17, 15) is 0 Å². The van der Waals surface area contributed by atoms with E-state index < -0.39 is 7.26 Å². The van der Waals surface area contributed by atoms with Gasteiger partial charge < -0.3 is 10.2 Å². The van der Waals surface area contributed by atoms with Crippen molar-refractivity contribution in [3.05, 3.63) is 0 Å². The van der Waals surface area contributed by atoms with Gasteiger partial charge in [-0.25, -0.2) is 0 Å². The fourth-order valence-corrected chi connectivity index (χ4v) is 8.87. The Balaban J connectivity index is 0. The maximum Gasteiger partial charge on any atom is 0.0662 e. The molecule has 0 saturated carbocycles. The van der Waals surface area contributed by atoms with Crippen LogP contribution in [0.25, 0.3) is 0 Å². The van der Waals surface area contributed by atoms with E-state index in [0.29, 0.717) is 0 Å². The first-order valence-electron chi connectivity index (χ1n) is 9.38. The van der Waals surface area contributed by atoms with Crippen LogP contribution in [0.3, 0.4) is 0 Å². The van der Waals surface area contributed by atoms with Crippen LogP contribution in [0.1, 0.15) is 79.1 Å². The molecule has 0 rings (SSSR count). The van der Waals surface area contributed by atoms with E-state index in [4.69, 9.17) is 10.2 Å². The van der Waals surface area contributed by atoms with Crippen molar-refractivity contribution in [3.63, 3.8) is 0 Å². The first-order chi connectivity index (χ1) is 10.2. The van der Waals surface area contributed by atoms with Gasteiger partial charge in [-0.3, -0.25) is 0 Å². The van der Waals surface area contributed by atoms with Crippen LogP contribution < -0.4 is 0 Å². The van der Waals surface area contributed by atoms with Crippen LogP contribution in [0.15, 0.2) is 0 Å². The Morgan fingerprint density at radius 2 is 0.762 bits per heavy atom. The molecule has 0 aliphatic rings. The molecule has 0 aliphatic carbocycles. The molecular weight excluding hydrogens is 279 g/mol. The summed E-state index contributed by atoms with van der Waals surface area (Å²) in [6.07, 6.45) is 18.1. The van der Waals surface area contributed by atoms with Crippen LogP contribution in [-0.2, 0) is 0 Å². The number of hydrogen-bond acceptors (Lipinski definition) is 2. The summed E-state index contributed by atoms with van der Waals surface area (Å²) in [5.74, 6) is 0. The molecular formula is C18H43O2P. The summed E-state index contributed by atoms with van der Waals surface area (Å²) in [6.45, 7) is 9.19. The summed E-state index contributed by atoms with van der Waals surface area (Å²) >= 11 is 0. The number of rotatable bonds is 13. The second-order valence-electron chi connectivity index (χ2n) is 6.36. The van der Waals surface area contributed by atoms with Gasteiger partial charge in [-0.2, -0.15) is 0 Å². The molecule has 132 valence electrons. The molecule has 0 radical (unpaired) electrons. The Hall–Kier alpha value is 0.350. The second-order valence-corrected chi connectivity index (χ2v) is 11.4. The summed E-state index contributed by atoms with van der Waals surface area (Å²) < 4.78 is 0. The van der Waals surface area contributed by atoms with Crippen LogP contribution in [0.4, 0.5) is 0 Å². The minimum atomic E-state index is -0.879. The van der Waals surface area contributed by atoms with Crippen molar-refractivity contribution in [1.82, 2.24) is 0 Å². The molecule has 0 spiro atoms. The van der Waals surface area contributed by atoms with Gasteiger partial charge in [0.2, 0.25) is 0 Å². The van der Waals surface area contributed by atoms with Gasteiger partial charge in [-0.1, -0.05) is 0 Å². The summed E-state index contributed by atoms with van der Waals surface area (Å²) in [5.41, 5.74) is 0. The standard InChI is InChI=1S/C16H37P.C2H6O2/c1-5-9-13-17(14-10-6-2,15-11-7-3)16-12-8-4;3-1-2-4/h17H,5-16H2,1-4H3;3-4H,1-2H2. The number of unbranched alkanes of at least 4 members (excludes halogenated alkanes) is 4. The first-order valence-corrected chi connectivity index (χ1v) is 12.2. The van der Waals surface area contributed by atoms with E-state index in [-0.39, 0.29) is 13.2 Å². The third-order valence-corrected chi connectivity index (χ3v) is 10.00. The molecule has 21 heavy (non-hydrogen) atoms. The van der Waals surface area contributed by atoms with Crippen molar-refractivity contribution < 1.29 is 10.2 Å². The van der Waals surface area contributed by atoms with Crippen LogP contribution in [-0.4, -0.2) is 48.1 Å². The Kier molecular flexibility index (Phi) is 20.7. The molecule has 0 saturated heterocycles. The Labute approximate surface area is 135 Å². The van der Waals surface area contributed by atoms with Crippen molar-refractivity contribution in [2.24, 2.45) is 0 Å². The quantitative estimate of drug-likeness (QED) is 0.473.